The number of aromatic nitrogens is 1. The number of carbonyl (C=O) groups is 2. The zero-order valence-electron chi connectivity index (χ0n) is 13.5. The summed E-state index contributed by atoms with van der Waals surface area (Å²) in [5, 5.41) is 8.15. The number of ether oxygens (including phenoxy) is 1. The van der Waals surface area contributed by atoms with Gasteiger partial charge in [0.1, 0.15) is 6.17 Å². The molecule has 7 heteroatoms. The largest absolute Gasteiger partial charge is 0.464 e. The third-order valence-electron chi connectivity index (χ3n) is 4.50. The quantitative estimate of drug-likeness (QED) is 0.842. The molecule has 0 aromatic carbocycles. The van der Waals surface area contributed by atoms with Gasteiger partial charge >= 0.3 is 5.97 Å². The fraction of sp³-hybridized carbons (Fsp3) is 0.438. The number of esters is 1. The van der Waals surface area contributed by atoms with Crippen LogP contribution < -0.4 is 10.6 Å². The fourth-order valence-corrected chi connectivity index (χ4v) is 3.43. The third kappa shape index (κ3) is 2.49. The summed E-state index contributed by atoms with van der Waals surface area (Å²) in [7, 11) is 1.32. The number of amides is 1. The lowest BCUT2D eigenvalue weighted by Crippen LogP contribution is -2.48. The van der Waals surface area contributed by atoms with E-state index in [1.165, 1.54) is 7.11 Å². The summed E-state index contributed by atoms with van der Waals surface area (Å²) in [6, 6.07) is 3.75. The summed E-state index contributed by atoms with van der Waals surface area (Å²) in [6.07, 6.45) is -0.469. The van der Waals surface area contributed by atoms with E-state index in [-0.39, 0.29) is 17.5 Å². The van der Waals surface area contributed by atoms with Crippen LogP contribution in [0, 0.1) is 5.92 Å². The number of rotatable bonds is 3. The topological polar surface area (TPSA) is 80.3 Å². The van der Waals surface area contributed by atoms with E-state index < -0.39 is 17.7 Å². The van der Waals surface area contributed by atoms with Crippen LogP contribution >= 0.6 is 11.3 Å². The molecule has 1 saturated heterocycles. The maximum Gasteiger partial charge on any atom is 0.357 e. The minimum absolute atomic E-state index is 0.0837. The summed E-state index contributed by atoms with van der Waals surface area (Å²) in [5.41, 5.74) is 0.909. The third-order valence-corrected chi connectivity index (χ3v) is 5.35. The molecule has 2 aromatic rings. The number of carbonyl (C=O) groups excluding carboxylic acids is 2. The van der Waals surface area contributed by atoms with Crippen LogP contribution in [0.25, 0.3) is 10.2 Å². The molecule has 2 N–H and O–H groups in total. The first-order valence-electron chi connectivity index (χ1n) is 7.42. The number of nitrogens with one attached hydrogen (secondary N) is 2. The van der Waals surface area contributed by atoms with E-state index in [2.05, 4.69) is 15.6 Å². The van der Waals surface area contributed by atoms with Crippen molar-refractivity contribution in [1.82, 2.24) is 15.6 Å². The van der Waals surface area contributed by atoms with Crippen LogP contribution in [0.4, 0.5) is 0 Å². The number of pyridine rings is 1. The van der Waals surface area contributed by atoms with Crippen molar-refractivity contribution in [2.45, 2.75) is 32.5 Å². The van der Waals surface area contributed by atoms with Crippen molar-refractivity contribution in [3.05, 3.63) is 28.8 Å². The number of methoxy groups -OCH3 is 1. The first-order valence-corrected chi connectivity index (χ1v) is 8.30. The molecule has 23 heavy (non-hydrogen) atoms. The molecular formula is C16H19N3O3S. The highest BCUT2D eigenvalue weighted by atomic mass is 32.1. The Morgan fingerprint density at radius 1 is 1.48 bits per heavy atom. The van der Waals surface area contributed by atoms with Crippen LogP contribution in [-0.4, -0.2) is 29.5 Å². The second-order valence-electron chi connectivity index (χ2n) is 6.13. The zero-order valence-corrected chi connectivity index (χ0v) is 14.3. The molecule has 1 aliphatic rings. The maximum atomic E-state index is 12.4. The molecule has 122 valence electrons. The number of hydrogen-bond acceptors (Lipinski definition) is 6. The molecule has 3 rings (SSSR count). The van der Waals surface area contributed by atoms with Crippen molar-refractivity contribution < 1.29 is 14.3 Å². The Kier molecular flexibility index (Phi) is 3.85. The molecule has 1 fully saturated rings. The molecule has 2 aromatic heterocycles. The standard InChI is InChI=1S/C16H19N3O3S/c1-8(2)16(3)15(21)18-13(19-16)9-7-11-10(5-6-23-11)17-12(9)14(20)22-4/h5-8,13,19H,1-4H3,(H,18,21)/t13-,16+/m1/s1. The lowest BCUT2D eigenvalue weighted by atomic mass is 9.89. The molecule has 0 radical (unpaired) electrons. The van der Waals surface area contributed by atoms with Gasteiger partial charge in [0.15, 0.2) is 5.69 Å². The Labute approximate surface area is 138 Å². The minimum atomic E-state index is -0.692. The van der Waals surface area contributed by atoms with Crippen molar-refractivity contribution in [3.63, 3.8) is 0 Å². The Morgan fingerprint density at radius 2 is 2.22 bits per heavy atom. The van der Waals surface area contributed by atoms with Crippen LogP contribution in [-0.2, 0) is 9.53 Å². The molecule has 3 heterocycles. The highest BCUT2D eigenvalue weighted by Crippen LogP contribution is 2.31. The summed E-state index contributed by atoms with van der Waals surface area (Å²) < 4.78 is 5.81. The van der Waals surface area contributed by atoms with Crippen LogP contribution in [0.3, 0.4) is 0 Å². The van der Waals surface area contributed by atoms with Crippen LogP contribution in [0.15, 0.2) is 17.5 Å². The zero-order chi connectivity index (χ0) is 16.8. The smallest absolute Gasteiger partial charge is 0.357 e. The van der Waals surface area contributed by atoms with Gasteiger partial charge in [-0.3, -0.25) is 10.1 Å². The van der Waals surface area contributed by atoms with Crippen molar-refractivity contribution in [3.8, 4) is 0 Å². The van der Waals surface area contributed by atoms with Crippen LogP contribution in [0.5, 0.6) is 0 Å². The number of nitrogens with zero attached hydrogens (tertiary/aromatic N) is 1. The fourth-order valence-electron chi connectivity index (χ4n) is 2.66. The van der Waals surface area contributed by atoms with Gasteiger partial charge in [0.25, 0.3) is 0 Å². The molecule has 2 atom stereocenters. The van der Waals surface area contributed by atoms with Gasteiger partial charge in [0.2, 0.25) is 5.91 Å². The molecule has 6 nitrogen and oxygen atoms in total. The van der Waals surface area contributed by atoms with E-state index in [1.54, 1.807) is 11.3 Å². The maximum absolute atomic E-state index is 12.4. The second-order valence-corrected chi connectivity index (χ2v) is 7.08. The first kappa shape index (κ1) is 15.9. The van der Waals surface area contributed by atoms with E-state index in [4.69, 9.17) is 4.74 Å². The van der Waals surface area contributed by atoms with Gasteiger partial charge in [0.05, 0.1) is 22.9 Å². The van der Waals surface area contributed by atoms with Gasteiger partial charge in [-0.15, -0.1) is 11.3 Å². The Bertz CT molecular complexity index is 786. The van der Waals surface area contributed by atoms with Crippen molar-refractivity contribution >= 4 is 33.4 Å². The average molecular weight is 333 g/mol. The van der Waals surface area contributed by atoms with E-state index in [0.29, 0.717) is 5.56 Å². The predicted molar refractivity (Wildman–Crippen MR) is 88.2 cm³/mol. The van der Waals surface area contributed by atoms with Crippen molar-refractivity contribution in [2.75, 3.05) is 7.11 Å². The molecular weight excluding hydrogens is 314 g/mol. The molecule has 1 aliphatic heterocycles. The molecule has 1 amide bonds. The molecule has 0 unspecified atom stereocenters. The van der Waals surface area contributed by atoms with Crippen molar-refractivity contribution in [2.24, 2.45) is 5.92 Å². The minimum Gasteiger partial charge on any atom is -0.464 e. The van der Waals surface area contributed by atoms with E-state index in [1.807, 2.05) is 38.3 Å². The Morgan fingerprint density at radius 3 is 2.83 bits per heavy atom. The average Bonchev–Trinajstić information content (AvgIpc) is 3.10. The van der Waals surface area contributed by atoms with E-state index in [9.17, 15) is 9.59 Å². The van der Waals surface area contributed by atoms with Gasteiger partial charge in [-0.05, 0) is 30.4 Å². The number of thiophene rings is 1. The Balaban J connectivity index is 2.08. The van der Waals surface area contributed by atoms with Gasteiger partial charge < -0.3 is 10.1 Å². The van der Waals surface area contributed by atoms with Gasteiger partial charge in [-0.1, -0.05) is 13.8 Å². The Hall–Kier alpha value is -1.99. The highest BCUT2D eigenvalue weighted by Gasteiger charge is 2.46. The lowest BCUT2D eigenvalue weighted by Gasteiger charge is -2.26. The molecule has 0 saturated carbocycles. The number of fused-ring (bicyclic) bond motifs is 1. The van der Waals surface area contributed by atoms with Gasteiger partial charge in [-0.25, -0.2) is 9.78 Å². The molecule has 0 spiro atoms. The lowest BCUT2D eigenvalue weighted by molar-refractivity contribution is -0.125. The van der Waals surface area contributed by atoms with Gasteiger partial charge in [0, 0.05) is 5.56 Å². The molecule has 0 aliphatic carbocycles. The normalized spacial score (nSPS) is 24.2. The van der Waals surface area contributed by atoms with Gasteiger partial charge in [-0.2, -0.15) is 0 Å². The van der Waals surface area contributed by atoms with E-state index in [0.717, 1.165) is 10.2 Å². The SMILES string of the molecule is COC(=O)c1nc2ccsc2cc1[C@@H]1NC(=O)[C@](C)(C(C)C)N1. The highest BCUT2D eigenvalue weighted by molar-refractivity contribution is 7.17. The summed E-state index contributed by atoms with van der Waals surface area (Å²) in [5.74, 6) is -0.491. The first-order chi connectivity index (χ1) is 10.9. The monoisotopic (exact) mass is 333 g/mol. The van der Waals surface area contributed by atoms with Crippen LogP contribution in [0.2, 0.25) is 0 Å². The van der Waals surface area contributed by atoms with Crippen LogP contribution in [0.1, 0.15) is 43.0 Å². The summed E-state index contributed by atoms with van der Waals surface area (Å²) in [6.45, 7) is 5.83. The predicted octanol–water partition coefficient (Wildman–Crippen LogP) is 2.22. The second kappa shape index (κ2) is 5.58. The number of hydrogen-bond donors (Lipinski definition) is 2. The van der Waals surface area contributed by atoms with E-state index >= 15 is 0 Å². The van der Waals surface area contributed by atoms with Crippen molar-refractivity contribution in [1.29, 1.82) is 0 Å². The summed E-state index contributed by atoms with van der Waals surface area (Å²) >= 11 is 1.54. The summed E-state index contributed by atoms with van der Waals surface area (Å²) in [4.78, 5) is 28.9. The molecule has 0 bridgehead atoms.